The van der Waals surface area contributed by atoms with Crippen LogP contribution in [0.3, 0.4) is 0 Å². The van der Waals surface area contributed by atoms with Crippen molar-refractivity contribution in [2.24, 2.45) is 5.73 Å². The molecule has 0 bridgehead atoms. The van der Waals surface area contributed by atoms with E-state index in [2.05, 4.69) is 11.9 Å². The monoisotopic (exact) mass is 228 g/mol. The summed E-state index contributed by atoms with van der Waals surface area (Å²) in [6, 6.07) is 0. The summed E-state index contributed by atoms with van der Waals surface area (Å²) in [6.45, 7) is 4.16. The van der Waals surface area contributed by atoms with Crippen LogP contribution in [0.2, 0.25) is 0 Å². The Morgan fingerprint density at radius 3 is 2.81 bits per heavy atom. The Morgan fingerprint density at radius 2 is 2.19 bits per heavy atom. The fraction of sp³-hybridized carbons (Fsp3) is 1.00. The first-order valence-electron chi connectivity index (χ1n) is 6.38. The highest BCUT2D eigenvalue weighted by Crippen LogP contribution is 2.32. The molecule has 1 atom stereocenters. The Kier molecular flexibility index (Phi) is 4.19. The van der Waals surface area contributed by atoms with Gasteiger partial charge in [-0.05, 0) is 19.9 Å². The molecule has 4 nitrogen and oxygen atoms in total. The molecule has 1 saturated carbocycles. The van der Waals surface area contributed by atoms with Crippen molar-refractivity contribution in [1.82, 2.24) is 4.90 Å². The number of ether oxygens (including phenoxy) is 2. The van der Waals surface area contributed by atoms with Gasteiger partial charge >= 0.3 is 0 Å². The van der Waals surface area contributed by atoms with E-state index in [1.807, 2.05) is 0 Å². The first kappa shape index (κ1) is 12.3. The molecule has 0 aromatic carbocycles. The molecule has 1 aliphatic heterocycles. The average Bonchev–Trinajstić information content (AvgIpc) is 2.76. The van der Waals surface area contributed by atoms with Gasteiger partial charge in [0.2, 0.25) is 0 Å². The molecule has 1 saturated heterocycles. The van der Waals surface area contributed by atoms with E-state index in [0.717, 1.165) is 32.5 Å². The molecule has 0 aromatic rings. The van der Waals surface area contributed by atoms with Crippen molar-refractivity contribution in [2.75, 3.05) is 39.9 Å². The fourth-order valence-electron chi connectivity index (χ4n) is 2.66. The summed E-state index contributed by atoms with van der Waals surface area (Å²) in [5.41, 5.74) is 5.79. The van der Waals surface area contributed by atoms with Crippen molar-refractivity contribution < 1.29 is 9.47 Å². The molecule has 2 rings (SSSR count). The van der Waals surface area contributed by atoms with Gasteiger partial charge in [0.1, 0.15) is 0 Å². The van der Waals surface area contributed by atoms with Crippen LogP contribution >= 0.6 is 0 Å². The van der Waals surface area contributed by atoms with Crippen molar-refractivity contribution in [3.05, 3.63) is 0 Å². The van der Waals surface area contributed by atoms with Gasteiger partial charge in [-0.3, -0.25) is 0 Å². The summed E-state index contributed by atoms with van der Waals surface area (Å²) < 4.78 is 11.7. The van der Waals surface area contributed by atoms with Gasteiger partial charge < -0.3 is 20.1 Å². The minimum absolute atomic E-state index is 0.0423. The Bertz CT molecular complexity index is 217. The summed E-state index contributed by atoms with van der Waals surface area (Å²) in [4.78, 5) is 2.29. The standard InChI is InChI=1S/C12H24N2O2/c1-14-6-7-15-11(8-14)9-16-12(10-13)4-2-3-5-12/h11H,2-10,13H2,1H3. The zero-order chi connectivity index (χ0) is 11.4. The van der Waals surface area contributed by atoms with Crippen molar-refractivity contribution in [1.29, 1.82) is 0 Å². The number of likely N-dealkylation sites (N-methyl/N-ethyl adjacent to an activating group) is 1. The van der Waals surface area contributed by atoms with Crippen LogP contribution in [0.15, 0.2) is 0 Å². The minimum Gasteiger partial charge on any atom is -0.373 e. The van der Waals surface area contributed by atoms with Crippen LogP contribution in [0.4, 0.5) is 0 Å². The third kappa shape index (κ3) is 2.94. The molecule has 0 radical (unpaired) electrons. The quantitative estimate of drug-likeness (QED) is 0.765. The van der Waals surface area contributed by atoms with Gasteiger partial charge in [-0.25, -0.2) is 0 Å². The average molecular weight is 228 g/mol. The molecule has 1 heterocycles. The third-order valence-electron chi connectivity index (χ3n) is 3.80. The molecule has 2 N–H and O–H groups in total. The van der Waals surface area contributed by atoms with E-state index in [4.69, 9.17) is 15.2 Å². The number of nitrogens with two attached hydrogens (primary N) is 1. The zero-order valence-corrected chi connectivity index (χ0v) is 10.3. The summed E-state index contributed by atoms with van der Waals surface area (Å²) in [7, 11) is 2.13. The summed E-state index contributed by atoms with van der Waals surface area (Å²) in [5, 5.41) is 0. The summed E-state index contributed by atoms with van der Waals surface area (Å²) >= 11 is 0. The van der Waals surface area contributed by atoms with E-state index in [9.17, 15) is 0 Å². The van der Waals surface area contributed by atoms with Gasteiger partial charge in [0.25, 0.3) is 0 Å². The van der Waals surface area contributed by atoms with Gasteiger partial charge in [-0.15, -0.1) is 0 Å². The van der Waals surface area contributed by atoms with Gasteiger partial charge in [0.15, 0.2) is 0 Å². The summed E-state index contributed by atoms with van der Waals surface area (Å²) in [6.07, 6.45) is 4.96. The SMILES string of the molecule is CN1CCOC(COC2(CN)CCCC2)C1. The second-order valence-electron chi connectivity index (χ2n) is 5.16. The molecule has 94 valence electrons. The van der Waals surface area contributed by atoms with E-state index in [1.54, 1.807) is 0 Å². The van der Waals surface area contributed by atoms with Gasteiger partial charge in [-0.2, -0.15) is 0 Å². The molecule has 0 spiro atoms. The van der Waals surface area contributed by atoms with E-state index in [1.165, 1.54) is 12.8 Å². The molecule has 1 aliphatic carbocycles. The predicted molar refractivity (Wildman–Crippen MR) is 63.4 cm³/mol. The van der Waals surface area contributed by atoms with Crippen molar-refractivity contribution in [2.45, 2.75) is 37.4 Å². The van der Waals surface area contributed by atoms with E-state index in [0.29, 0.717) is 13.2 Å². The first-order valence-corrected chi connectivity index (χ1v) is 6.38. The molecular formula is C12H24N2O2. The highest BCUT2D eigenvalue weighted by Gasteiger charge is 2.34. The van der Waals surface area contributed by atoms with Gasteiger partial charge in [-0.1, -0.05) is 12.8 Å². The highest BCUT2D eigenvalue weighted by atomic mass is 16.5. The van der Waals surface area contributed by atoms with Crippen LogP contribution in [0.25, 0.3) is 0 Å². The highest BCUT2D eigenvalue weighted by molar-refractivity contribution is 4.88. The lowest BCUT2D eigenvalue weighted by Crippen LogP contribution is -2.46. The van der Waals surface area contributed by atoms with Gasteiger partial charge in [0.05, 0.1) is 24.9 Å². The lowest BCUT2D eigenvalue weighted by Gasteiger charge is -2.34. The Balaban J connectivity index is 1.77. The molecule has 2 aliphatic rings. The molecule has 1 unspecified atom stereocenters. The molecule has 2 fully saturated rings. The number of morpholine rings is 1. The maximum Gasteiger partial charge on any atom is 0.0935 e. The van der Waals surface area contributed by atoms with Crippen LogP contribution in [0.5, 0.6) is 0 Å². The number of hydrogen-bond donors (Lipinski definition) is 1. The molecular weight excluding hydrogens is 204 g/mol. The maximum atomic E-state index is 6.05. The first-order chi connectivity index (χ1) is 7.74. The Labute approximate surface area is 98.1 Å². The zero-order valence-electron chi connectivity index (χ0n) is 10.3. The van der Waals surface area contributed by atoms with Crippen molar-refractivity contribution in [3.8, 4) is 0 Å². The van der Waals surface area contributed by atoms with E-state index < -0.39 is 0 Å². The van der Waals surface area contributed by atoms with Crippen LogP contribution < -0.4 is 5.73 Å². The molecule has 0 aromatic heterocycles. The summed E-state index contributed by atoms with van der Waals surface area (Å²) in [5.74, 6) is 0. The Hall–Kier alpha value is -0.160. The number of nitrogens with zero attached hydrogens (tertiary/aromatic N) is 1. The lowest BCUT2D eigenvalue weighted by atomic mass is 10.0. The molecule has 4 heteroatoms. The number of rotatable bonds is 4. The molecule has 16 heavy (non-hydrogen) atoms. The van der Waals surface area contributed by atoms with Gasteiger partial charge in [0, 0.05) is 19.6 Å². The van der Waals surface area contributed by atoms with Crippen molar-refractivity contribution >= 4 is 0 Å². The van der Waals surface area contributed by atoms with Crippen LogP contribution in [-0.4, -0.2) is 56.5 Å². The maximum absolute atomic E-state index is 6.05. The smallest absolute Gasteiger partial charge is 0.0935 e. The Morgan fingerprint density at radius 1 is 1.44 bits per heavy atom. The van der Waals surface area contributed by atoms with E-state index >= 15 is 0 Å². The van der Waals surface area contributed by atoms with Crippen LogP contribution in [-0.2, 0) is 9.47 Å². The largest absolute Gasteiger partial charge is 0.373 e. The van der Waals surface area contributed by atoms with E-state index in [-0.39, 0.29) is 11.7 Å². The second kappa shape index (κ2) is 5.45. The molecule has 0 amide bonds. The van der Waals surface area contributed by atoms with Crippen LogP contribution in [0, 0.1) is 0 Å². The second-order valence-corrected chi connectivity index (χ2v) is 5.16. The normalized spacial score (nSPS) is 30.8. The number of hydrogen-bond acceptors (Lipinski definition) is 4. The third-order valence-corrected chi connectivity index (χ3v) is 3.80. The topological polar surface area (TPSA) is 47.7 Å². The van der Waals surface area contributed by atoms with Crippen LogP contribution in [0.1, 0.15) is 25.7 Å². The lowest BCUT2D eigenvalue weighted by molar-refractivity contribution is -0.111. The predicted octanol–water partition coefficient (Wildman–Crippen LogP) is 0.605. The fourth-order valence-corrected chi connectivity index (χ4v) is 2.66. The minimum atomic E-state index is -0.0423. The van der Waals surface area contributed by atoms with Crippen molar-refractivity contribution in [3.63, 3.8) is 0 Å².